The molecule has 1 fully saturated rings. The molecule has 4 heteroatoms. The molecule has 0 atom stereocenters. The summed E-state index contributed by atoms with van der Waals surface area (Å²) in [7, 11) is 0. The van der Waals surface area contributed by atoms with E-state index in [1.54, 1.807) is 12.4 Å². The lowest BCUT2D eigenvalue weighted by atomic mass is 9.95. The number of nitrogens with one attached hydrogen (secondary N) is 1. The van der Waals surface area contributed by atoms with E-state index in [1.165, 1.54) is 0 Å². The number of hydrogen-bond acceptors (Lipinski definition) is 3. The zero-order valence-electron chi connectivity index (χ0n) is 10.6. The molecule has 0 saturated carbocycles. The standard InChI is InChI=1S/C14H20N2O2/c17-14(4-3-12-5-8-18-9-6-12)16-11-13-2-1-7-15-10-13/h1-2,7,10,12H,3-6,8-9,11H2,(H,16,17). The van der Waals surface area contributed by atoms with Gasteiger partial charge in [-0.15, -0.1) is 0 Å². The Kier molecular flexibility index (Phi) is 5.15. The molecule has 1 aliphatic rings. The van der Waals surface area contributed by atoms with E-state index in [0.717, 1.165) is 38.0 Å². The molecule has 98 valence electrons. The number of pyridine rings is 1. The number of ether oxygens (including phenoxy) is 1. The van der Waals surface area contributed by atoms with Crippen molar-refractivity contribution < 1.29 is 9.53 Å². The van der Waals surface area contributed by atoms with Crippen molar-refractivity contribution in [1.82, 2.24) is 10.3 Å². The van der Waals surface area contributed by atoms with E-state index in [-0.39, 0.29) is 5.91 Å². The molecule has 4 nitrogen and oxygen atoms in total. The number of nitrogens with zero attached hydrogens (tertiary/aromatic N) is 1. The third kappa shape index (κ3) is 4.45. The van der Waals surface area contributed by atoms with E-state index >= 15 is 0 Å². The largest absolute Gasteiger partial charge is 0.381 e. The van der Waals surface area contributed by atoms with Gasteiger partial charge < -0.3 is 10.1 Å². The molecule has 0 aromatic carbocycles. The van der Waals surface area contributed by atoms with Crippen LogP contribution in [0.5, 0.6) is 0 Å². The first-order valence-corrected chi connectivity index (χ1v) is 6.58. The lowest BCUT2D eigenvalue weighted by Crippen LogP contribution is -2.24. The highest BCUT2D eigenvalue weighted by atomic mass is 16.5. The van der Waals surface area contributed by atoms with Crippen LogP contribution in [-0.4, -0.2) is 24.1 Å². The molecular weight excluding hydrogens is 228 g/mol. The predicted octanol–water partition coefficient (Wildman–Crippen LogP) is 1.90. The molecule has 2 rings (SSSR count). The summed E-state index contributed by atoms with van der Waals surface area (Å²) in [6, 6.07) is 3.84. The van der Waals surface area contributed by atoms with Crippen LogP contribution < -0.4 is 5.32 Å². The van der Waals surface area contributed by atoms with Crippen LogP contribution in [0.3, 0.4) is 0 Å². The summed E-state index contributed by atoms with van der Waals surface area (Å²) in [5.41, 5.74) is 1.04. The van der Waals surface area contributed by atoms with Crippen molar-refractivity contribution in [2.24, 2.45) is 5.92 Å². The Hall–Kier alpha value is -1.42. The Morgan fingerprint density at radius 2 is 2.28 bits per heavy atom. The van der Waals surface area contributed by atoms with Crippen LogP contribution in [0.1, 0.15) is 31.2 Å². The van der Waals surface area contributed by atoms with Gasteiger partial charge in [0.25, 0.3) is 0 Å². The smallest absolute Gasteiger partial charge is 0.220 e. The Morgan fingerprint density at radius 1 is 1.44 bits per heavy atom. The van der Waals surface area contributed by atoms with Gasteiger partial charge in [-0.2, -0.15) is 0 Å². The molecule has 1 N–H and O–H groups in total. The van der Waals surface area contributed by atoms with Gasteiger partial charge >= 0.3 is 0 Å². The Morgan fingerprint density at radius 3 is 3.00 bits per heavy atom. The van der Waals surface area contributed by atoms with Crippen molar-refractivity contribution in [3.8, 4) is 0 Å². The van der Waals surface area contributed by atoms with Crippen LogP contribution in [0, 0.1) is 5.92 Å². The zero-order chi connectivity index (χ0) is 12.6. The molecular formula is C14H20N2O2. The summed E-state index contributed by atoms with van der Waals surface area (Å²) >= 11 is 0. The lowest BCUT2D eigenvalue weighted by molar-refractivity contribution is -0.121. The van der Waals surface area contributed by atoms with Crippen LogP contribution in [-0.2, 0) is 16.1 Å². The maximum atomic E-state index is 11.7. The maximum absolute atomic E-state index is 11.7. The van der Waals surface area contributed by atoms with Gasteiger partial charge in [0.05, 0.1) is 0 Å². The van der Waals surface area contributed by atoms with E-state index in [4.69, 9.17) is 4.74 Å². The first kappa shape index (κ1) is 13.0. The van der Waals surface area contributed by atoms with E-state index in [1.807, 2.05) is 12.1 Å². The highest BCUT2D eigenvalue weighted by Crippen LogP contribution is 2.19. The molecule has 18 heavy (non-hydrogen) atoms. The summed E-state index contributed by atoms with van der Waals surface area (Å²) in [4.78, 5) is 15.7. The minimum absolute atomic E-state index is 0.130. The Labute approximate surface area is 108 Å². The molecule has 1 aliphatic heterocycles. The fraction of sp³-hybridized carbons (Fsp3) is 0.571. The average Bonchev–Trinajstić information content (AvgIpc) is 2.45. The Balaban J connectivity index is 1.63. The second kappa shape index (κ2) is 7.11. The van der Waals surface area contributed by atoms with Gasteiger partial charge in [0.2, 0.25) is 5.91 Å². The molecule has 1 amide bonds. The first-order valence-electron chi connectivity index (χ1n) is 6.58. The molecule has 2 heterocycles. The summed E-state index contributed by atoms with van der Waals surface area (Å²) in [6.07, 6.45) is 7.29. The number of carbonyl (C=O) groups excluding carboxylic acids is 1. The number of aromatic nitrogens is 1. The minimum Gasteiger partial charge on any atom is -0.381 e. The van der Waals surface area contributed by atoms with E-state index in [2.05, 4.69) is 10.3 Å². The fourth-order valence-electron chi connectivity index (χ4n) is 2.16. The van der Waals surface area contributed by atoms with Crippen LogP contribution in [0.2, 0.25) is 0 Å². The van der Waals surface area contributed by atoms with Crippen LogP contribution in [0.4, 0.5) is 0 Å². The zero-order valence-corrected chi connectivity index (χ0v) is 10.6. The van der Waals surface area contributed by atoms with Crippen LogP contribution >= 0.6 is 0 Å². The van der Waals surface area contributed by atoms with Gasteiger partial charge in [-0.1, -0.05) is 6.07 Å². The highest BCUT2D eigenvalue weighted by Gasteiger charge is 2.14. The van der Waals surface area contributed by atoms with E-state index < -0.39 is 0 Å². The summed E-state index contributed by atoms with van der Waals surface area (Å²) < 4.78 is 5.30. The summed E-state index contributed by atoms with van der Waals surface area (Å²) in [5.74, 6) is 0.785. The third-order valence-electron chi connectivity index (χ3n) is 3.33. The van der Waals surface area contributed by atoms with E-state index in [9.17, 15) is 4.79 Å². The molecule has 1 saturated heterocycles. The van der Waals surface area contributed by atoms with Gasteiger partial charge in [-0.3, -0.25) is 9.78 Å². The average molecular weight is 248 g/mol. The monoisotopic (exact) mass is 248 g/mol. The molecule has 0 bridgehead atoms. The molecule has 0 spiro atoms. The molecule has 0 unspecified atom stereocenters. The van der Waals surface area contributed by atoms with Gasteiger partial charge in [-0.05, 0) is 36.8 Å². The van der Waals surface area contributed by atoms with Crippen molar-refractivity contribution in [2.45, 2.75) is 32.2 Å². The van der Waals surface area contributed by atoms with Gasteiger partial charge in [0, 0.05) is 38.6 Å². The van der Waals surface area contributed by atoms with Crippen molar-refractivity contribution in [2.75, 3.05) is 13.2 Å². The predicted molar refractivity (Wildman–Crippen MR) is 68.9 cm³/mol. The molecule has 0 radical (unpaired) electrons. The fourth-order valence-corrected chi connectivity index (χ4v) is 2.16. The van der Waals surface area contributed by atoms with Crippen molar-refractivity contribution in [3.63, 3.8) is 0 Å². The van der Waals surface area contributed by atoms with E-state index in [0.29, 0.717) is 18.9 Å². The molecule has 1 aromatic rings. The number of hydrogen-bond donors (Lipinski definition) is 1. The topological polar surface area (TPSA) is 51.2 Å². The first-order chi connectivity index (χ1) is 8.84. The van der Waals surface area contributed by atoms with Gasteiger partial charge in [0.15, 0.2) is 0 Å². The molecule has 1 aromatic heterocycles. The quantitative estimate of drug-likeness (QED) is 0.866. The van der Waals surface area contributed by atoms with Gasteiger partial charge in [-0.25, -0.2) is 0 Å². The summed E-state index contributed by atoms with van der Waals surface area (Å²) in [6.45, 7) is 2.27. The number of carbonyl (C=O) groups is 1. The lowest BCUT2D eigenvalue weighted by Gasteiger charge is -2.21. The second-order valence-corrected chi connectivity index (χ2v) is 4.73. The van der Waals surface area contributed by atoms with Crippen LogP contribution in [0.15, 0.2) is 24.5 Å². The van der Waals surface area contributed by atoms with Gasteiger partial charge in [0.1, 0.15) is 0 Å². The number of rotatable bonds is 5. The van der Waals surface area contributed by atoms with Crippen molar-refractivity contribution in [3.05, 3.63) is 30.1 Å². The summed E-state index contributed by atoms with van der Waals surface area (Å²) in [5, 5.41) is 2.93. The SMILES string of the molecule is O=C(CCC1CCOCC1)NCc1cccnc1. The van der Waals surface area contributed by atoms with Crippen molar-refractivity contribution in [1.29, 1.82) is 0 Å². The van der Waals surface area contributed by atoms with Crippen LogP contribution in [0.25, 0.3) is 0 Å². The highest BCUT2D eigenvalue weighted by molar-refractivity contribution is 5.75. The Bertz CT molecular complexity index is 361. The minimum atomic E-state index is 0.130. The normalized spacial score (nSPS) is 16.4. The van der Waals surface area contributed by atoms with Crippen molar-refractivity contribution >= 4 is 5.91 Å². The maximum Gasteiger partial charge on any atom is 0.220 e. The molecule has 0 aliphatic carbocycles. The number of amides is 1. The third-order valence-corrected chi connectivity index (χ3v) is 3.33. The second-order valence-electron chi connectivity index (χ2n) is 4.73.